The van der Waals surface area contributed by atoms with Crippen molar-refractivity contribution in [2.24, 2.45) is 7.05 Å². The first-order valence-electron chi connectivity index (χ1n) is 4.52. The van der Waals surface area contributed by atoms with Crippen LogP contribution in [0.3, 0.4) is 0 Å². The lowest BCUT2D eigenvalue weighted by Gasteiger charge is -2.24. The van der Waals surface area contributed by atoms with Gasteiger partial charge in [-0.15, -0.1) is 5.10 Å². The lowest BCUT2D eigenvalue weighted by Crippen LogP contribution is -2.33. The highest BCUT2D eigenvalue weighted by Gasteiger charge is 2.14. The van der Waals surface area contributed by atoms with Crippen LogP contribution in [-0.2, 0) is 7.05 Å². The highest BCUT2D eigenvalue weighted by atomic mass is 15.6. The molecule has 0 aromatic carbocycles. The number of aryl methyl sites for hydroxylation is 1. The molecule has 0 unspecified atom stereocenters. The SMILES string of the molecule is CN(C)N(C)c1ncnc2c1nnn2C. The van der Waals surface area contributed by atoms with E-state index in [4.69, 9.17) is 0 Å². The van der Waals surface area contributed by atoms with Crippen LogP contribution < -0.4 is 5.01 Å². The first kappa shape index (κ1) is 9.78. The quantitative estimate of drug-likeness (QED) is 0.628. The van der Waals surface area contributed by atoms with Gasteiger partial charge < -0.3 is 0 Å². The molecular formula is C8H13N7. The maximum Gasteiger partial charge on any atom is 0.183 e. The summed E-state index contributed by atoms with van der Waals surface area (Å²) in [5, 5.41) is 11.8. The Kier molecular flexibility index (Phi) is 2.24. The summed E-state index contributed by atoms with van der Waals surface area (Å²) >= 11 is 0. The Hall–Kier alpha value is -1.76. The van der Waals surface area contributed by atoms with Gasteiger partial charge in [0.05, 0.1) is 0 Å². The van der Waals surface area contributed by atoms with Crippen LogP contribution >= 0.6 is 0 Å². The fraction of sp³-hybridized carbons (Fsp3) is 0.500. The number of hydrazine groups is 1. The number of fused-ring (bicyclic) bond motifs is 1. The second-order valence-corrected chi connectivity index (χ2v) is 3.45. The summed E-state index contributed by atoms with van der Waals surface area (Å²) < 4.78 is 1.63. The van der Waals surface area contributed by atoms with Gasteiger partial charge in [-0.05, 0) is 0 Å². The average Bonchev–Trinajstić information content (AvgIpc) is 2.59. The number of anilines is 1. The van der Waals surface area contributed by atoms with Crippen LogP contribution in [0.25, 0.3) is 11.2 Å². The molecule has 0 atom stereocenters. The maximum absolute atomic E-state index is 4.20. The lowest BCUT2D eigenvalue weighted by atomic mass is 10.5. The van der Waals surface area contributed by atoms with Gasteiger partial charge in [0, 0.05) is 28.2 Å². The van der Waals surface area contributed by atoms with E-state index in [0.717, 1.165) is 11.5 Å². The molecule has 0 saturated heterocycles. The molecule has 7 nitrogen and oxygen atoms in total. The second kappa shape index (κ2) is 3.43. The van der Waals surface area contributed by atoms with E-state index in [1.54, 1.807) is 4.68 Å². The number of aromatic nitrogens is 5. The van der Waals surface area contributed by atoms with Gasteiger partial charge in [-0.25, -0.2) is 19.7 Å². The Morgan fingerprint density at radius 1 is 1.20 bits per heavy atom. The topological polar surface area (TPSA) is 63.0 Å². The van der Waals surface area contributed by atoms with Crippen LogP contribution in [0.4, 0.5) is 5.82 Å². The standard InChI is InChI=1S/C8H13N7/c1-13(2)15(4)8-6-7(9-5-10-8)14(3)12-11-6/h5H,1-4H3. The summed E-state index contributed by atoms with van der Waals surface area (Å²) in [4.78, 5) is 8.32. The minimum absolute atomic E-state index is 0.705. The molecule has 2 heterocycles. The number of rotatable bonds is 2. The molecule has 15 heavy (non-hydrogen) atoms. The van der Waals surface area contributed by atoms with E-state index in [0.29, 0.717) is 5.52 Å². The first-order valence-corrected chi connectivity index (χ1v) is 4.52. The maximum atomic E-state index is 4.20. The summed E-state index contributed by atoms with van der Waals surface area (Å²) in [6.45, 7) is 0. The van der Waals surface area contributed by atoms with E-state index in [2.05, 4.69) is 20.3 Å². The molecule has 0 saturated carbocycles. The molecule has 0 aliphatic carbocycles. The third-order valence-corrected chi connectivity index (χ3v) is 2.28. The van der Waals surface area contributed by atoms with E-state index < -0.39 is 0 Å². The third-order valence-electron chi connectivity index (χ3n) is 2.28. The molecule has 80 valence electrons. The van der Waals surface area contributed by atoms with Gasteiger partial charge in [-0.3, -0.25) is 5.01 Å². The highest BCUT2D eigenvalue weighted by Crippen LogP contribution is 2.18. The van der Waals surface area contributed by atoms with Crippen LogP contribution in [0.1, 0.15) is 0 Å². The second-order valence-electron chi connectivity index (χ2n) is 3.45. The molecule has 0 aliphatic heterocycles. The molecular weight excluding hydrogens is 194 g/mol. The van der Waals surface area contributed by atoms with E-state index in [1.165, 1.54) is 6.33 Å². The molecule has 2 rings (SSSR count). The van der Waals surface area contributed by atoms with Gasteiger partial charge in [0.25, 0.3) is 0 Å². The van der Waals surface area contributed by atoms with Crippen LogP contribution in [0.5, 0.6) is 0 Å². The van der Waals surface area contributed by atoms with Crippen molar-refractivity contribution in [3.63, 3.8) is 0 Å². The molecule has 7 heteroatoms. The normalized spacial score (nSPS) is 11.3. The summed E-state index contributed by atoms with van der Waals surface area (Å²) in [7, 11) is 7.59. The lowest BCUT2D eigenvalue weighted by molar-refractivity contribution is 0.394. The smallest absolute Gasteiger partial charge is 0.183 e. The molecule has 0 fully saturated rings. The average molecular weight is 207 g/mol. The van der Waals surface area contributed by atoms with Crippen molar-refractivity contribution in [3.05, 3.63) is 6.33 Å². The molecule has 0 bridgehead atoms. The van der Waals surface area contributed by atoms with Crippen molar-refractivity contribution in [3.8, 4) is 0 Å². The van der Waals surface area contributed by atoms with Crippen LogP contribution in [0.2, 0.25) is 0 Å². The monoisotopic (exact) mass is 207 g/mol. The summed E-state index contributed by atoms with van der Waals surface area (Å²) in [5.41, 5.74) is 1.44. The molecule has 0 aliphatic rings. The molecule has 2 aromatic heterocycles. The molecule has 0 N–H and O–H groups in total. The zero-order chi connectivity index (χ0) is 11.0. The minimum Gasteiger partial charge on any atom is -0.291 e. The molecule has 0 spiro atoms. The van der Waals surface area contributed by atoms with Gasteiger partial charge in [0.2, 0.25) is 0 Å². The number of hydrogen-bond acceptors (Lipinski definition) is 6. The largest absolute Gasteiger partial charge is 0.291 e. The molecule has 0 amide bonds. The summed E-state index contributed by atoms with van der Waals surface area (Å²) in [6.07, 6.45) is 1.51. The minimum atomic E-state index is 0.705. The first-order chi connectivity index (χ1) is 7.11. The van der Waals surface area contributed by atoms with Gasteiger partial charge in [-0.1, -0.05) is 5.21 Å². The molecule has 0 radical (unpaired) electrons. The van der Waals surface area contributed by atoms with Crippen molar-refractivity contribution < 1.29 is 0 Å². The van der Waals surface area contributed by atoms with Gasteiger partial charge in [0.1, 0.15) is 6.33 Å². The Morgan fingerprint density at radius 3 is 2.60 bits per heavy atom. The molecule has 2 aromatic rings. The third kappa shape index (κ3) is 1.50. The van der Waals surface area contributed by atoms with Gasteiger partial charge in [0.15, 0.2) is 17.0 Å². The van der Waals surface area contributed by atoms with Crippen LogP contribution in [-0.4, -0.2) is 51.1 Å². The van der Waals surface area contributed by atoms with Gasteiger partial charge >= 0.3 is 0 Å². The van der Waals surface area contributed by atoms with E-state index in [-0.39, 0.29) is 0 Å². The van der Waals surface area contributed by atoms with Crippen molar-refractivity contribution >= 4 is 17.0 Å². The van der Waals surface area contributed by atoms with Crippen molar-refractivity contribution in [1.82, 2.24) is 30.0 Å². The number of nitrogens with zero attached hydrogens (tertiary/aromatic N) is 7. The van der Waals surface area contributed by atoms with Crippen molar-refractivity contribution in [2.45, 2.75) is 0 Å². The number of hydrogen-bond donors (Lipinski definition) is 0. The van der Waals surface area contributed by atoms with E-state index in [9.17, 15) is 0 Å². The van der Waals surface area contributed by atoms with E-state index in [1.807, 2.05) is 38.2 Å². The van der Waals surface area contributed by atoms with Crippen LogP contribution in [0, 0.1) is 0 Å². The predicted octanol–water partition coefficient (Wildman–Crippen LogP) is -0.329. The highest BCUT2D eigenvalue weighted by molar-refractivity contribution is 5.81. The van der Waals surface area contributed by atoms with Crippen molar-refractivity contribution in [2.75, 3.05) is 26.2 Å². The van der Waals surface area contributed by atoms with Gasteiger partial charge in [-0.2, -0.15) is 0 Å². The Bertz CT molecular complexity index is 475. The fourth-order valence-corrected chi connectivity index (χ4v) is 1.27. The van der Waals surface area contributed by atoms with E-state index >= 15 is 0 Å². The Morgan fingerprint density at radius 2 is 1.93 bits per heavy atom. The predicted molar refractivity (Wildman–Crippen MR) is 56.2 cm³/mol. The Balaban J connectivity index is 2.61. The zero-order valence-electron chi connectivity index (χ0n) is 9.21. The zero-order valence-corrected chi connectivity index (χ0v) is 9.21. The summed E-state index contributed by atoms with van der Waals surface area (Å²) in [5.74, 6) is 0.748. The summed E-state index contributed by atoms with van der Waals surface area (Å²) in [6, 6.07) is 0. The fourth-order valence-electron chi connectivity index (χ4n) is 1.27. The van der Waals surface area contributed by atoms with Crippen LogP contribution in [0.15, 0.2) is 6.33 Å². The Labute approximate surface area is 87.3 Å². The van der Waals surface area contributed by atoms with Crippen molar-refractivity contribution in [1.29, 1.82) is 0 Å².